The fourth-order valence-corrected chi connectivity index (χ4v) is 1.44. The first-order valence-corrected chi connectivity index (χ1v) is 6.33. The third-order valence-corrected chi connectivity index (χ3v) is 2.42. The zero-order valence-electron chi connectivity index (χ0n) is 10.7. The number of ether oxygens (including phenoxy) is 1. The van der Waals surface area contributed by atoms with Crippen molar-refractivity contribution in [1.29, 1.82) is 0 Å². The van der Waals surface area contributed by atoms with E-state index in [1.54, 1.807) is 0 Å². The Balaban J connectivity index is 3.02. The number of aliphatic hydroxyl groups excluding tert-OH is 1. The van der Waals surface area contributed by atoms with Crippen LogP contribution in [0.5, 0.6) is 0 Å². The van der Waals surface area contributed by atoms with Crippen molar-refractivity contribution >= 4 is 0 Å². The molecular weight excluding hydrogens is 206 g/mol. The smallest absolute Gasteiger partial charge is 0.0920 e. The molecule has 0 amide bonds. The lowest BCUT2D eigenvalue weighted by atomic mass is 10.1. The molecule has 1 atom stereocenters. The maximum atomic E-state index is 9.39. The van der Waals surface area contributed by atoms with E-state index in [0.29, 0.717) is 13.2 Å². The van der Waals surface area contributed by atoms with Gasteiger partial charge in [0.15, 0.2) is 0 Å². The number of unbranched alkanes of at least 4 members (excludes halogenated alkanes) is 5. The summed E-state index contributed by atoms with van der Waals surface area (Å²) < 4.78 is 5.35. The number of aliphatic hydroxyl groups is 1. The average Bonchev–Trinajstić information content (AvgIpc) is 2.30. The summed E-state index contributed by atoms with van der Waals surface area (Å²) >= 11 is 0. The highest BCUT2D eigenvalue weighted by Gasteiger charge is 2.02. The summed E-state index contributed by atoms with van der Waals surface area (Å²) in [5, 5.41) is 9.39. The summed E-state index contributed by atoms with van der Waals surface area (Å²) in [4.78, 5) is 4.63. The Morgan fingerprint density at radius 3 is 2.50 bits per heavy atom. The average molecular weight is 233 g/mol. The Morgan fingerprint density at radius 1 is 1.12 bits per heavy atom. The Labute approximate surface area is 99.3 Å². The van der Waals surface area contributed by atoms with E-state index in [1.165, 1.54) is 39.2 Å². The van der Waals surface area contributed by atoms with Crippen LogP contribution in [0.1, 0.15) is 45.4 Å². The molecule has 0 aliphatic rings. The van der Waals surface area contributed by atoms with Gasteiger partial charge in [-0.1, -0.05) is 39.0 Å². The highest BCUT2D eigenvalue weighted by molar-refractivity contribution is 4.53. The van der Waals surface area contributed by atoms with Crippen LogP contribution in [-0.2, 0) is 9.57 Å². The molecule has 0 heterocycles. The molecule has 4 nitrogen and oxygen atoms in total. The monoisotopic (exact) mass is 233 g/mol. The maximum Gasteiger partial charge on any atom is 0.0920 e. The van der Waals surface area contributed by atoms with Gasteiger partial charge in [0.05, 0.1) is 19.8 Å². The van der Waals surface area contributed by atoms with Crippen molar-refractivity contribution in [2.45, 2.75) is 51.6 Å². The van der Waals surface area contributed by atoms with Gasteiger partial charge in [-0.2, -0.15) is 0 Å². The summed E-state index contributed by atoms with van der Waals surface area (Å²) in [6.45, 7) is 3.76. The molecule has 0 fully saturated rings. The largest absolute Gasteiger partial charge is 0.389 e. The molecular formula is C12H27NO3. The quantitative estimate of drug-likeness (QED) is 0.399. The summed E-state index contributed by atoms with van der Waals surface area (Å²) in [5.41, 5.74) is 2.59. The fraction of sp³-hybridized carbons (Fsp3) is 1.00. The minimum Gasteiger partial charge on any atom is -0.389 e. The molecule has 16 heavy (non-hydrogen) atoms. The predicted molar refractivity (Wildman–Crippen MR) is 65.2 cm³/mol. The minimum atomic E-state index is -0.486. The molecule has 0 saturated carbocycles. The van der Waals surface area contributed by atoms with Gasteiger partial charge < -0.3 is 14.7 Å². The van der Waals surface area contributed by atoms with E-state index in [-0.39, 0.29) is 0 Å². The van der Waals surface area contributed by atoms with Gasteiger partial charge >= 0.3 is 0 Å². The highest BCUT2D eigenvalue weighted by atomic mass is 16.6. The van der Waals surface area contributed by atoms with E-state index < -0.39 is 6.10 Å². The molecule has 1 unspecified atom stereocenters. The molecule has 0 bridgehead atoms. The van der Waals surface area contributed by atoms with Crippen LogP contribution in [0.25, 0.3) is 0 Å². The van der Waals surface area contributed by atoms with Gasteiger partial charge in [-0.15, -0.1) is 0 Å². The fourth-order valence-electron chi connectivity index (χ4n) is 1.44. The molecule has 0 aromatic heterocycles. The van der Waals surface area contributed by atoms with Crippen molar-refractivity contribution in [2.75, 3.05) is 26.9 Å². The van der Waals surface area contributed by atoms with Crippen LogP contribution >= 0.6 is 0 Å². The van der Waals surface area contributed by atoms with Crippen LogP contribution < -0.4 is 5.48 Å². The first-order chi connectivity index (χ1) is 7.81. The lowest BCUT2D eigenvalue weighted by molar-refractivity contribution is 0.00140. The Kier molecular flexibility index (Phi) is 12.8. The standard InChI is InChI=1S/C12H27NO3/c1-3-4-5-6-7-8-9-16-11-12(14)10-13-15-2/h12-14H,3-11H2,1-2H3. The summed E-state index contributed by atoms with van der Waals surface area (Å²) in [6.07, 6.45) is 7.08. The number of hydrogen-bond donors (Lipinski definition) is 2. The molecule has 0 radical (unpaired) electrons. The third kappa shape index (κ3) is 11.9. The molecule has 0 aliphatic heterocycles. The van der Waals surface area contributed by atoms with E-state index >= 15 is 0 Å². The molecule has 0 spiro atoms. The summed E-state index contributed by atoms with van der Waals surface area (Å²) in [6, 6.07) is 0. The predicted octanol–water partition coefficient (Wildman–Crippen LogP) is 1.88. The number of hydroxylamine groups is 1. The summed E-state index contributed by atoms with van der Waals surface area (Å²) in [5.74, 6) is 0. The normalized spacial score (nSPS) is 12.9. The van der Waals surface area contributed by atoms with Crippen molar-refractivity contribution in [2.24, 2.45) is 0 Å². The van der Waals surface area contributed by atoms with E-state index in [1.807, 2.05) is 0 Å². The zero-order chi connectivity index (χ0) is 12.1. The van der Waals surface area contributed by atoms with E-state index in [9.17, 15) is 5.11 Å². The van der Waals surface area contributed by atoms with Crippen molar-refractivity contribution in [3.63, 3.8) is 0 Å². The third-order valence-electron chi connectivity index (χ3n) is 2.42. The highest BCUT2D eigenvalue weighted by Crippen LogP contribution is 2.04. The topological polar surface area (TPSA) is 50.7 Å². The minimum absolute atomic E-state index is 0.380. The van der Waals surface area contributed by atoms with Gasteiger partial charge in [-0.3, -0.25) is 0 Å². The van der Waals surface area contributed by atoms with Crippen molar-refractivity contribution in [1.82, 2.24) is 5.48 Å². The molecule has 0 saturated heterocycles. The molecule has 0 aromatic rings. The number of hydrogen-bond acceptors (Lipinski definition) is 4. The Bertz CT molecular complexity index is 133. The van der Waals surface area contributed by atoms with E-state index in [4.69, 9.17) is 4.74 Å². The van der Waals surface area contributed by atoms with Crippen LogP contribution in [0.15, 0.2) is 0 Å². The summed E-state index contributed by atoms with van der Waals surface area (Å²) in [7, 11) is 1.53. The molecule has 2 N–H and O–H groups in total. The van der Waals surface area contributed by atoms with Crippen molar-refractivity contribution in [3.8, 4) is 0 Å². The van der Waals surface area contributed by atoms with E-state index in [2.05, 4.69) is 17.2 Å². The number of rotatable bonds is 12. The van der Waals surface area contributed by atoms with Gasteiger partial charge in [-0.25, -0.2) is 5.48 Å². The Hall–Kier alpha value is -0.160. The van der Waals surface area contributed by atoms with Crippen LogP contribution in [0.3, 0.4) is 0 Å². The lowest BCUT2D eigenvalue weighted by Crippen LogP contribution is -2.29. The van der Waals surface area contributed by atoms with Crippen LogP contribution in [0.2, 0.25) is 0 Å². The van der Waals surface area contributed by atoms with Gasteiger partial charge in [0.1, 0.15) is 0 Å². The van der Waals surface area contributed by atoms with Gasteiger partial charge in [0.2, 0.25) is 0 Å². The van der Waals surface area contributed by atoms with Gasteiger partial charge in [0.25, 0.3) is 0 Å². The Morgan fingerprint density at radius 2 is 1.81 bits per heavy atom. The van der Waals surface area contributed by atoms with Crippen molar-refractivity contribution in [3.05, 3.63) is 0 Å². The SMILES string of the molecule is CCCCCCCCOCC(O)CNOC. The van der Waals surface area contributed by atoms with Crippen LogP contribution in [-0.4, -0.2) is 38.1 Å². The van der Waals surface area contributed by atoms with E-state index in [0.717, 1.165) is 13.0 Å². The first kappa shape index (κ1) is 15.8. The molecule has 0 aliphatic carbocycles. The van der Waals surface area contributed by atoms with Gasteiger partial charge in [-0.05, 0) is 6.42 Å². The van der Waals surface area contributed by atoms with Gasteiger partial charge in [0, 0.05) is 13.2 Å². The van der Waals surface area contributed by atoms with Crippen LogP contribution in [0, 0.1) is 0 Å². The second kappa shape index (κ2) is 12.9. The van der Waals surface area contributed by atoms with Crippen LogP contribution in [0.4, 0.5) is 0 Å². The lowest BCUT2D eigenvalue weighted by Gasteiger charge is -2.11. The molecule has 0 aromatic carbocycles. The second-order valence-corrected chi connectivity index (χ2v) is 4.05. The molecule has 98 valence electrons. The first-order valence-electron chi connectivity index (χ1n) is 6.33. The number of nitrogens with one attached hydrogen (secondary N) is 1. The second-order valence-electron chi connectivity index (χ2n) is 4.05. The zero-order valence-corrected chi connectivity index (χ0v) is 10.7. The van der Waals surface area contributed by atoms with Crippen molar-refractivity contribution < 1.29 is 14.7 Å². The molecule has 4 heteroatoms. The maximum absolute atomic E-state index is 9.39. The molecule has 0 rings (SSSR count).